The predicted molar refractivity (Wildman–Crippen MR) is 121 cm³/mol. The van der Waals surface area contributed by atoms with Crippen LogP contribution in [0.25, 0.3) is 22.0 Å². The number of nitrogens with two attached hydrogens (primary N) is 1. The molecule has 2 aromatic carbocycles. The molecule has 1 aliphatic heterocycles. The van der Waals surface area contributed by atoms with E-state index in [1.807, 2.05) is 30.3 Å². The Morgan fingerprint density at radius 1 is 1.09 bits per heavy atom. The van der Waals surface area contributed by atoms with Crippen molar-refractivity contribution in [2.45, 2.75) is 12.6 Å². The van der Waals surface area contributed by atoms with Gasteiger partial charge in [0.1, 0.15) is 5.82 Å². The molecule has 0 aliphatic carbocycles. The van der Waals surface area contributed by atoms with Crippen LogP contribution in [0, 0.1) is 0 Å². The van der Waals surface area contributed by atoms with Gasteiger partial charge in [-0.1, -0.05) is 18.2 Å². The van der Waals surface area contributed by atoms with E-state index in [9.17, 15) is 9.59 Å². The summed E-state index contributed by atoms with van der Waals surface area (Å²) < 4.78 is 6.64. The van der Waals surface area contributed by atoms with Crippen LogP contribution in [-0.4, -0.2) is 39.7 Å². The number of pyridine rings is 1. The largest absolute Gasteiger partial charge is 0.384 e. The third-order valence-corrected chi connectivity index (χ3v) is 5.46. The van der Waals surface area contributed by atoms with Crippen LogP contribution in [0.3, 0.4) is 0 Å². The lowest BCUT2D eigenvalue weighted by atomic mass is 10.0. The number of anilines is 1. The van der Waals surface area contributed by atoms with Gasteiger partial charge in [-0.25, -0.2) is 9.97 Å². The number of hydrogen-bond acceptors (Lipinski definition) is 6. The second kappa shape index (κ2) is 8.24. The van der Waals surface area contributed by atoms with Crippen LogP contribution in [0.4, 0.5) is 5.82 Å². The summed E-state index contributed by atoms with van der Waals surface area (Å²) in [5.74, 6) is 0.288. The van der Waals surface area contributed by atoms with Crippen molar-refractivity contribution in [2.24, 2.45) is 0 Å². The van der Waals surface area contributed by atoms with Crippen molar-refractivity contribution in [2.75, 3.05) is 18.9 Å². The van der Waals surface area contributed by atoms with Crippen LogP contribution in [0.15, 0.2) is 71.9 Å². The number of amides is 1. The van der Waals surface area contributed by atoms with Gasteiger partial charge in [-0.2, -0.15) is 0 Å². The van der Waals surface area contributed by atoms with Crippen molar-refractivity contribution in [1.29, 1.82) is 0 Å². The first kappa shape index (κ1) is 19.9. The van der Waals surface area contributed by atoms with Gasteiger partial charge in [0.05, 0.1) is 43.0 Å². The van der Waals surface area contributed by atoms with Gasteiger partial charge in [-0.05, 0) is 53.1 Å². The van der Waals surface area contributed by atoms with E-state index >= 15 is 0 Å². The van der Waals surface area contributed by atoms with E-state index < -0.39 is 0 Å². The molecule has 5 rings (SSSR count). The second-order valence-electron chi connectivity index (χ2n) is 7.79. The summed E-state index contributed by atoms with van der Waals surface area (Å²) in [6.45, 7) is 1.40. The van der Waals surface area contributed by atoms with E-state index in [0.717, 1.165) is 16.7 Å². The third kappa shape index (κ3) is 3.95. The highest BCUT2D eigenvalue weighted by Crippen LogP contribution is 2.23. The first-order valence-corrected chi connectivity index (χ1v) is 10.3. The number of nitrogens with one attached hydrogen (secondary N) is 1. The monoisotopic (exact) mass is 427 g/mol. The average molecular weight is 427 g/mol. The van der Waals surface area contributed by atoms with Gasteiger partial charge in [0.25, 0.3) is 11.5 Å². The van der Waals surface area contributed by atoms with Crippen LogP contribution in [0.2, 0.25) is 0 Å². The number of rotatable bonds is 5. The van der Waals surface area contributed by atoms with E-state index in [-0.39, 0.29) is 17.5 Å². The van der Waals surface area contributed by atoms with Crippen LogP contribution in [-0.2, 0) is 11.3 Å². The number of fused-ring (bicyclic) bond motifs is 1. The highest BCUT2D eigenvalue weighted by atomic mass is 16.5. The summed E-state index contributed by atoms with van der Waals surface area (Å²) in [5.41, 5.74) is 9.46. The SMILES string of the molecule is Nc1cc(-c2ccc3c(=O)n(Cc4cccc(C(=O)NC5COC5)c4)cnc3c2)ccn1. The lowest BCUT2D eigenvalue weighted by Gasteiger charge is -2.26. The fraction of sp³-hybridized carbons (Fsp3) is 0.167. The van der Waals surface area contributed by atoms with Crippen LogP contribution in [0.5, 0.6) is 0 Å². The van der Waals surface area contributed by atoms with Gasteiger partial charge in [-0.3, -0.25) is 14.2 Å². The Morgan fingerprint density at radius 3 is 2.72 bits per heavy atom. The van der Waals surface area contributed by atoms with E-state index in [1.54, 1.807) is 35.0 Å². The molecule has 4 aromatic rings. The number of ether oxygens (including phenoxy) is 1. The molecule has 0 saturated carbocycles. The number of benzene rings is 2. The molecule has 1 amide bonds. The van der Waals surface area contributed by atoms with Gasteiger partial charge in [0.2, 0.25) is 0 Å². The number of hydrogen-bond donors (Lipinski definition) is 2. The zero-order valence-corrected chi connectivity index (χ0v) is 17.2. The molecule has 1 aliphatic rings. The van der Waals surface area contributed by atoms with Gasteiger partial charge in [-0.15, -0.1) is 0 Å². The minimum Gasteiger partial charge on any atom is -0.384 e. The predicted octanol–water partition coefficient (Wildman–Crippen LogP) is 2.22. The Bertz CT molecular complexity index is 1380. The topological polar surface area (TPSA) is 112 Å². The Labute approximate surface area is 183 Å². The molecule has 0 radical (unpaired) electrons. The maximum absolute atomic E-state index is 13.0. The summed E-state index contributed by atoms with van der Waals surface area (Å²) >= 11 is 0. The van der Waals surface area contributed by atoms with Crippen LogP contribution < -0.4 is 16.6 Å². The molecule has 0 bridgehead atoms. The molecule has 0 unspecified atom stereocenters. The maximum atomic E-state index is 13.0. The Kier molecular flexibility index (Phi) is 5.12. The number of nitrogen functional groups attached to an aromatic ring is 1. The van der Waals surface area contributed by atoms with E-state index in [0.29, 0.717) is 42.0 Å². The Morgan fingerprint density at radius 2 is 1.94 bits per heavy atom. The fourth-order valence-electron chi connectivity index (χ4n) is 3.67. The van der Waals surface area contributed by atoms with Crippen molar-refractivity contribution >= 4 is 22.6 Å². The number of nitrogens with zero attached hydrogens (tertiary/aromatic N) is 3. The molecule has 0 atom stereocenters. The van der Waals surface area contributed by atoms with Gasteiger partial charge in [0, 0.05) is 11.8 Å². The highest BCUT2D eigenvalue weighted by Gasteiger charge is 2.21. The lowest BCUT2D eigenvalue weighted by molar-refractivity contribution is -0.00346. The lowest BCUT2D eigenvalue weighted by Crippen LogP contribution is -2.48. The summed E-state index contributed by atoms with van der Waals surface area (Å²) in [6.07, 6.45) is 3.18. The van der Waals surface area contributed by atoms with Gasteiger partial charge < -0.3 is 15.8 Å². The molecule has 1 saturated heterocycles. The molecule has 1 fully saturated rings. The molecule has 160 valence electrons. The second-order valence-corrected chi connectivity index (χ2v) is 7.79. The number of carbonyl (C=O) groups is 1. The number of aromatic nitrogens is 3. The van der Waals surface area contributed by atoms with E-state index in [1.165, 1.54) is 6.33 Å². The quantitative estimate of drug-likeness (QED) is 0.505. The molecular weight excluding hydrogens is 406 g/mol. The Hall–Kier alpha value is -4.04. The minimum atomic E-state index is -0.145. The van der Waals surface area contributed by atoms with E-state index in [2.05, 4.69) is 15.3 Å². The average Bonchev–Trinajstić information content (AvgIpc) is 2.78. The minimum absolute atomic E-state index is 0.0620. The fourth-order valence-corrected chi connectivity index (χ4v) is 3.67. The zero-order chi connectivity index (χ0) is 22.1. The molecule has 3 N–H and O–H groups in total. The smallest absolute Gasteiger partial charge is 0.261 e. The normalized spacial score (nSPS) is 13.6. The van der Waals surface area contributed by atoms with Crippen molar-refractivity contribution in [3.05, 3.63) is 88.6 Å². The first-order chi connectivity index (χ1) is 15.6. The third-order valence-electron chi connectivity index (χ3n) is 5.46. The maximum Gasteiger partial charge on any atom is 0.261 e. The van der Waals surface area contributed by atoms with Crippen molar-refractivity contribution in [1.82, 2.24) is 19.9 Å². The van der Waals surface area contributed by atoms with Crippen molar-refractivity contribution in [3.8, 4) is 11.1 Å². The molecular formula is C24H21N5O3. The summed E-state index contributed by atoms with van der Waals surface area (Å²) in [7, 11) is 0. The molecule has 3 heterocycles. The first-order valence-electron chi connectivity index (χ1n) is 10.3. The standard InChI is InChI=1S/C24H21N5O3/c25-22-10-17(6-7-26-22)16-4-5-20-21(9-16)27-14-29(24(20)31)11-15-2-1-3-18(8-15)23(30)28-19-12-32-13-19/h1-10,14,19H,11-13H2,(H2,25,26)(H,28,30). The summed E-state index contributed by atoms with van der Waals surface area (Å²) in [4.78, 5) is 33.9. The molecule has 0 spiro atoms. The summed E-state index contributed by atoms with van der Waals surface area (Å²) in [5, 5.41) is 3.45. The van der Waals surface area contributed by atoms with E-state index in [4.69, 9.17) is 10.5 Å². The molecule has 2 aromatic heterocycles. The number of carbonyl (C=O) groups excluding carboxylic acids is 1. The molecule has 8 nitrogen and oxygen atoms in total. The molecule has 32 heavy (non-hydrogen) atoms. The molecule has 8 heteroatoms. The van der Waals surface area contributed by atoms with Gasteiger partial charge in [0.15, 0.2) is 0 Å². The summed E-state index contributed by atoms with van der Waals surface area (Å²) in [6, 6.07) is 16.5. The zero-order valence-electron chi connectivity index (χ0n) is 17.2. The van der Waals surface area contributed by atoms with Crippen LogP contribution >= 0.6 is 0 Å². The van der Waals surface area contributed by atoms with Gasteiger partial charge >= 0.3 is 0 Å². The van der Waals surface area contributed by atoms with Crippen molar-refractivity contribution in [3.63, 3.8) is 0 Å². The van der Waals surface area contributed by atoms with Crippen LogP contribution in [0.1, 0.15) is 15.9 Å². The Balaban J connectivity index is 1.41. The highest BCUT2D eigenvalue weighted by molar-refractivity contribution is 5.94. The van der Waals surface area contributed by atoms with Crippen molar-refractivity contribution < 1.29 is 9.53 Å².